The molecule has 0 saturated heterocycles. The van der Waals surface area contributed by atoms with E-state index in [2.05, 4.69) is 81.5 Å². The van der Waals surface area contributed by atoms with Crippen LogP contribution in [0.25, 0.3) is 0 Å². The van der Waals surface area contributed by atoms with Crippen LogP contribution in [-0.4, -0.2) is 37.2 Å². The topological polar surface area (TPSA) is 78.9 Å². The summed E-state index contributed by atoms with van der Waals surface area (Å²) < 4.78 is 16.8. The quantitative estimate of drug-likeness (QED) is 0.0262. The van der Waals surface area contributed by atoms with Gasteiger partial charge in [-0.2, -0.15) is 0 Å². The number of hydrogen-bond acceptors (Lipinski definition) is 6. The molecule has 1 atom stereocenters. The van der Waals surface area contributed by atoms with Gasteiger partial charge in [0.1, 0.15) is 13.2 Å². The summed E-state index contributed by atoms with van der Waals surface area (Å²) >= 11 is 0. The Hall–Kier alpha value is -2.89. The van der Waals surface area contributed by atoms with Gasteiger partial charge >= 0.3 is 17.9 Å². The van der Waals surface area contributed by atoms with Gasteiger partial charge in [-0.1, -0.05) is 255 Å². The van der Waals surface area contributed by atoms with Crippen LogP contribution >= 0.6 is 0 Å². The van der Waals surface area contributed by atoms with Crippen molar-refractivity contribution in [3.63, 3.8) is 0 Å². The largest absolute Gasteiger partial charge is 0.462 e. The second-order valence-corrected chi connectivity index (χ2v) is 18.5. The number of esters is 3. The molecule has 0 spiro atoms. The van der Waals surface area contributed by atoms with Crippen molar-refractivity contribution in [2.75, 3.05) is 13.2 Å². The predicted octanol–water partition coefficient (Wildman–Crippen LogP) is 18.4. The highest BCUT2D eigenvalue weighted by Crippen LogP contribution is 2.16. The molecule has 0 aromatic carbocycles. The Kier molecular flexibility index (Phi) is 51.3. The summed E-state index contributed by atoms with van der Waals surface area (Å²) in [6.07, 6.45) is 66.6. The molecule has 0 radical (unpaired) electrons. The van der Waals surface area contributed by atoms with Gasteiger partial charge in [0.25, 0.3) is 0 Å². The fourth-order valence-electron chi connectivity index (χ4n) is 7.88. The lowest BCUT2D eigenvalue weighted by atomic mass is 10.0. The van der Waals surface area contributed by atoms with Crippen LogP contribution in [0.1, 0.15) is 278 Å². The molecule has 65 heavy (non-hydrogen) atoms. The Morgan fingerprint density at radius 2 is 0.600 bits per heavy atom. The molecule has 376 valence electrons. The molecule has 0 aromatic rings. The van der Waals surface area contributed by atoms with Gasteiger partial charge in [-0.3, -0.25) is 14.4 Å². The molecule has 0 fully saturated rings. The molecule has 0 bridgehead atoms. The maximum atomic E-state index is 12.8. The highest BCUT2D eigenvalue weighted by molar-refractivity contribution is 5.71. The van der Waals surface area contributed by atoms with Crippen LogP contribution in [-0.2, 0) is 28.6 Å². The highest BCUT2D eigenvalue weighted by atomic mass is 16.6. The van der Waals surface area contributed by atoms with Crippen LogP contribution in [0.5, 0.6) is 0 Å². The maximum absolute atomic E-state index is 12.8. The lowest BCUT2D eigenvalue weighted by Gasteiger charge is -2.18. The highest BCUT2D eigenvalue weighted by Gasteiger charge is 2.19. The third-order valence-corrected chi connectivity index (χ3v) is 12.0. The molecular formula is C59H104O6. The molecule has 0 heterocycles. The Balaban J connectivity index is 4.11. The summed E-state index contributed by atoms with van der Waals surface area (Å²) in [5.41, 5.74) is 0. The van der Waals surface area contributed by atoms with E-state index in [1.54, 1.807) is 0 Å². The van der Waals surface area contributed by atoms with Crippen molar-refractivity contribution in [1.82, 2.24) is 0 Å². The molecule has 0 N–H and O–H groups in total. The monoisotopic (exact) mass is 909 g/mol. The maximum Gasteiger partial charge on any atom is 0.306 e. The minimum Gasteiger partial charge on any atom is -0.462 e. The molecule has 6 heteroatoms. The summed E-state index contributed by atoms with van der Waals surface area (Å²) in [5, 5.41) is 0. The third-order valence-electron chi connectivity index (χ3n) is 12.0. The summed E-state index contributed by atoms with van der Waals surface area (Å²) in [5.74, 6) is -0.872. The first-order chi connectivity index (χ1) is 32.0. The van der Waals surface area contributed by atoms with Crippen LogP contribution in [0.4, 0.5) is 0 Å². The van der Waals surface area contributed by atoms with Crippen LogP contribution < -0.4 is 0 Å². The van der Waals surface area contributed by atoms with Crippen LogP contribution in [0, 0.1) is 0 Å². The van der Waals surface area contributed by atoms with E-state index >= 15 is 0 Å². The SMILES string of the molecule is CC/C=C\C/C=C\C/C=C\C/C=C\C/C=C\CCCCCCCCCCCCCC(=O)OCC(COC(=O)CCCCCCCCC)OC(=O)CCCCCCCCCCCCCCC. The second-order valence-electron chi connectivity index (χ2n) is 18.5. The number of carbonyl (C=O) groups excluding carboxylic acids is 3. The second kappa shape index (κ2) is 53.7. The predicted molar refractivity (Wildman–Crippen MR) is 279 cm³/mol. The number of allylic oxidation sites excluding steroid dienone is 10. The molecule has 0 aliphatic carbocycles. The van der Waals surface area contributed by atoms with Crippen LogP contribution in [0.3, 0.4) is 0 Å². The van der Waals surface area contributed by atoms with Gasteiger partial charge in [0.2, 0.25) is 0 Å². The van der Waals surface area contributed by atoms with Gasteiger partial charge in [-0.15, -0.1) is 0 Å². The Labute approximate surface area is 402 Å². The van der Waals surface area contributed by atoms with Crippen molar-refractivity contribution >= 4 is 17.9 Å². The van der Waals surface area contributed by atoms with E-state index in [9.17, 15) is 14.4 Å². The zero-order chi connectivity index (χ0) is 47.2. The Bertz CT molecular complexity index is 1180. The first-order valence-corrected chi connectivity index (χ1v) is 27.8. The first-order valence-electron chi connectivity index (χ1n) is 27.8. The molecule has 0 amide bonds. The Morgan fingerprint density at radius 1 is 0.323 bits per heavy atom. The molecule has 0 rings (SSSR count). The lowest BCUT2D eigenvalue weighted by molar-refractivity contribution is -0.167. The van der Waals surface area contributed by atoms with Crippen molar-refractivity contribution < 1.29 is 28.6 Å². The molecule has 0 aliphatic rings. The summed E-state index contributed by atoms with van der Waals surface area (Å²) in [6.45, 7) is 6.50. The van der Waals surface area contributed by atoms with Gasteiger partial charge in [0.05, 0.1) is 0 Å². The molecule has 0 aliphatic heterocycles. The van der Waals surface area contributed by atoms with Crippen molar-refractivity contribution in [2.45, 2.75) is 284 Å². The van der Waals surface area contributed by atoms with E-state index in [0.29, 0.717) is 19.3 Å². The third kappa shape index (κ3) is 51.9. The minimum atomic E-state index is -0.768. The normalized spacial score (nSPS) is 12.5. The smallest absolute Gasteiger partial charge is 0.306 e. The van der Waals surface area contributed by atoms with Gasteiger partial charge in [-0.05, 0) is 64.2 Å². The van der Waals surface area contributed by atoms with E-state index < -0.39 is 6.10 Å². The van der Waals surface area contributed by atoms with Gasteiger partial charge < -0.3 is 14.2 Å². The Morgan fingerprint density at radius 3 is 0.938 bits per heavy atom. The fraction of sp³-hybridized carbons (Fsp3) is 0.780. The fourth-order valence-corrected chi connectivity index (χ4v) is 7.88. The number of carbonyl (C=O) groups is 3. The zero-order valence-corrected chi connectivity index (χ0v) is 43.0. The van der Waals surface area contributed by atoms with Crippen LogP contribution in [0.15, 0.2) is 60.8 Å². The molecule has 6 nitrogen and oxygen atoms in total. The number of ether oxygens (including phenoxy) is 3. The average Bonchev–Trinajstić information content (AvgIpc) is 3.30. The minimum absolute atomic E-state index is 0.0714. The standard InChI is InChI=1S/C59H104O6/c1-4-7-10-13-16-18-20-22-23-24-25-26-27-28-29-30-31-32-33-34-35-37-38-40-43-46-49-52-58(61)64-55-56(54-63-57(60)51-48-45-42-15-12-9-6-3)65-59(62)53-50-47-44-41-39-36-21-19-17-14-11-8-5-2/h7,10,16,18,22-23,25-26,28-29,56H,4-6,8-9,11-15,17,19-21,24,27,30-55H2,1-3H3/b10-7-,18-16-,23-22-,26-25-,29-28-. The van der Waals surface area contributed by atoms with Gasteiger partial charge in [-0.25, -0.2) is 0 Å². The molecule has 0 aromatic heterocycles. The van der Waals surface area contributed by atoms with Gasteiger partial charge in [0.15, 0.2) is 6.10 Å². The van der Waals surface area contributed by atoms with Crippen LogP contribution in [0.2, 0.25) is 0 Å². The lowest BCUT2D eigenvalue weighted by Crippen LogP contribution is -2.30. The number of unbranched alkanes of at least 4 members (excludes halogenated alkanes) is 29. The molecule has 1 unspecified atom stereocenters. The average molecular weight is 909 g/mol. The number of hydrogen-bond donors (Lipinski definition) is 0. The van der Waals surface area contributed by atoms with Gasteiger partial charge in [0, 0.05) is 19.3 Å². The van der Waals surface area contributed by atoms with E-state index in [4.69, 9.17) is 14.2 Å². The summed E-state index contributed by atoms with van der Waals surface area (Å²) in [7, 11) is 0. The zero-order valence-electron chi connectivity index (χ0n) is 43.0. The first kappa shape index (κ1) is 62.1. The van der Waals surface area contributed by atoms with E-state index in [1.165, 1.54) is 148 Å². The molecular weight excluding hydrogens is 805 g/mol. The number of rotatable bonds is 50. The van der Waals surface area contributed by atoms with E-state index in [0.717, 1.165) is 89.9 Å². The molecule has 0 saturated carbocycles. The summed E-state index contributed by atoms with van der Waals surface area (Å²) in [6, 6.07) is 0. The van der Waals surface area contributed by atoms with Crippen molar-refractivity contribution in [3.8, 4) is 0 Å². The summed E-state index contributed by atoms with van der Waals surface area (Å²) in [4.78, 5) is 37.8. The van der Waals surface area contributed by atoms with Crippen molar-refractivity contribution in [2.24, 2.45) is 0 Å². The van der Waals surface area contributed by atoms with E-state index in [1.807, 2.05) is 0 Å². The van der Waals surface area contributed by atoms with Crippen molar-refractivity contribution in [3.05, 3.63) is 60.8 Å². The van der Waals surface area contributed by atoms with Crippen molar-refractivity contribution in [1.29, 1.82) is 0 Å². The van der Waals surface area contributed by atoms with E-state index in [-0.39, 0.29) is 31.1 Å².